The molecule has 2 heterocycles. The molecule has 0 spiro atoms. The zero-order valence-corrected chi connectivity index (χ0v) is 13.0. The summed E-state index contributed by atoms with van der Waals surface area (Å²) in [7, 11) is 0. The van der Waals surface area contributed by atoms with E-state index in [0.29, 0.717) is 0 Å². The Morgan fingerprint density at radius 1 is 1.43 bits per heavy atom. The predicted molar refractivity (Wildman–Crippen MR) is 58.8 cm³/mol. The average molecular weight is 231 g/mol. The van der Waals surface area contributed by atoms with Gasteiger partial charge in [-0.2, -0.15) is 11.3 Å². The van der Waals surface area contributed by atoms with Crippen molar-refractivity contribution in [3.63, 3.8) is 0 Å². The van der Waals surface area contributed by atoms with E-state index in [1.54, 1.807) is 17.6 Å². The van der Waals surface area contributed by atoms with Crippen molar-refractivity contribution in [1.82, 2.24) is 4.98 Å². The van der Waals surface area contributed by atoms with Gasteiger partial charge in [0.1, 0.15) is 0 Å². The first-order chi connectivity index (χ1) is 5.77. The van der Waals surface area contributed by atoms with E-state index in [1.165, 1.54) is 4.88 Å². The number of aliphatic imine (C=N–C) groups is 1. The number of rotatable bonds is 0. The second-order valence-electron chi connectivity index (χ2n) is 2.67. The number of thiazole rings is 1. The second kappa shape index (κ2) is 6.20. The molecule has 0 aromatic carbocycles. The van der Waals surface area contributed by atoms with Gasteiger partial charge in [0, 0.05) is 0 Å². The van der Waals surface area contributed by atoms with Crippen LogP contribution in [0.4, 0.5) is 0 Å². The minimum absolute atomic E-state index is 0. The number of aromatic nitrogens is 1. The Balaban J connectivity index is 0.000000845. The van der Waals surface area contributed by atoms with Gasteiger partial charge in [0.25, 0.3) is 0 Å². The first-order valence-electron chi connectivity index (χ1n) is 3.79. The molecule has 0 saturated carbocycles. The van der Waals surface area contributed by atoms with Crippen LogP contribution in [0.25, 0.3) is 6.08 Å². The second-order valence-corrected chi connectivity index (χ2v) is 3.90. The molecule has 0 aliphatic carbocycles. The largest absolute Gasteiger partial charge is 1.00 e. The molecule has 0 amide bonds. The van der Waals surface area contributed by atoms with Crippen molar-refractivity contribution in [2.24, 2.45) is 4.99 Å². The zero-order chi connectivity index (χ0) is 8.55. The van der Waals surface area contributed by atoms with Crippen LogP contribution in [-0.2, 0) is 0 Å². The Kier molecular flexibility index (Phi) is 6.44. The van der Waals surface area contributed by atoms with E-state index in [0.717, 1.165) is 16.7 Å². The normalized spacial score (nSPS) is 12.6. The molecule has 0 unspecified atom stereocenters. The molecule has 1 aliphatic rings. The number of nitrogens with zero attached hydrogens (tertiary/aromatic N) is 2. The third-order valence-corrected chi connectivity index (χ3v) is 2.64. The molecular formula is C10H12KN2S-. The fraction of sp³-hybridized carbons (Fsp3) is 0.200. The van der Waals surface area contributed by atoms with E-state index < -0.39 is 0 Å². The molecule has 0 N–H and O–H groups in total. The molecule has 0 radical (unpaired) electrons. The van der Waals surface area contributed by atoms with Crippen molar-refractivity contribution in [3.8, 4) is 0 Å². The van der Waals surface area contributed by atoms with Crippen LogP contribution in [-0.4, -0.2) is 11.2 Å². The van der Waals surface area contributed by atoms with Crippen LogP contribution in [0.2, 0.25) is 0 Å². The van der Waals surface area contributed by atoms with Crippen LogP contribution >= 0.6 is 11.3 Å². The Bertz CT molecular complexity index is 355. The fourth-order valence-electron chi connectivity index (χ4n) is 1.16. The summed E-state index contributed by atoms with van der Waals surface area (Å²) >= 11 is 1.71. The van der Waals surface area contributed by atoms with E-state index in [9.17, 15) is 0 Å². The molecule has 4 heteroatoms. The summed E-state index contributed by atoms with van der Waals surface area (Å²) in [6.45, 7) is 4.01. The number of fused-ring (bicyclic) bond motifs is 1. The van der Waals surface area contributed by atoms with Crippen LogP contribution in [0, 0.1) is 20.4 Å². The quantitative estimate of drug-likeness (QED) is 0.452. The van der Waals surface area contributed by atoms with Gasteiger partial charge in [-0.3, -0.25) is 4.98 Å². The maximum Gasteiger partial charge on any atom is 1.00 e. The molecule has 0 fully saturated rings. The molecule has 1 aliphatic heterocycles. The van der Waals surface area contributed by atoms with Crippen molar-refractivity contribution in [3.05, 3.63) is 35.1 Å². The third-order valence-electron chi connectivity index (χ3n) is 1.70. The monoisotopic (exact) mass is 231 g/mol. The van der Waals surface area contributed by atoms with Gasteiger partial charge in [-0.1, -0.05) is 13.1 Å². The maximum absolute atomic E-state index is 4.41. The van der Waals surface area contributed by atoms with Crippen molar-refractivity contribution >= 4 is 23.6 Å². The van der Waals surface area contributed by atoms with Gasteiger partial charge >= 0.3 is 51.4 Å². The molecule has 0 bridgehead atoms. The van der Waals surface area contributed by atoms with Crippen molar-refractivity contribution in [2.75, 3.05) is 0 Å². The molecule has 1 aromatic rings. The number of hydrogen-bond acceptors (Lipinski definition) is 3. The van der Waals surface area contributed by atoms with Crippen LogP contribution in [0.5, 0.6) is 0 Å². The zero-order valence-electron chi connectivity index (χ0n) is 9.03. The molecule has 0 atom stereocenters. The molecule has 2 rings (SSSR count). The van der Waals surface area contributed by atoms with Gasteiger partial charge in [0.15, 0.2) is 0 Å². The Morgan fingerprint density at radius 2 is 2.14 bits per heavy atom. The smallest absolute Gasteiger partial charge is 0.385 e. The predicted octanol–water partition coefficient (Wildman–Crippen LogP) is -0.0966. The van der Waals surface area contributed by atoms with Gasteiger partial charge in [0.05, 0.1) is 5.01 Å². The van der Waals surface area contributed by atoms with Crippen LogP contribution in [0.1, 0.15) is 22.5 Å². The molecule has 0 saturated heterocycles. The SMILES string of the molecule is Cc1nc2c(s1)C=CC=N[C-]2C.[CH3-].[K+]. The van der Waals surface area contributed by atoms with E-state index in [2.05, 4.69) is 16.1 Å². The Morgan fingerprint density at radius 3 is 2.86 bits per heavy atom. The van der Waals surface area contributed by atoms with Gasteiger partial charge in [-0.25, -0.2) is 0 Å². The van der Waals surface area contributed by atoms with Crippen molar-refractivity contribution in [2.45, 2.75) is 13.8 Å². The molecule has 70 valence electrons. The summed E-state index contributed by atoms with van der Waals surface area (Å²) in [6.07, 6.45) is 5.81. The molecule has 2 nitrogen and oxygen atoms in total. The molecule has 14 heavy (non-hydrogen) atoms. The summed E-state index contributed by atoms with van der Waals surface area (Å²) in [6, 6.07) is 0.999. The van der Waals surface area contributed by atoms with Gasteiger partial charge in [-0.05, 0) is 23.5 Å². The molecular weight excluding hydrogens is 219 g/mol. The third kappa shape index (κ3) is 3.02. The standard InChI is InChI=1S/C9H9N2S.CH3.K/c1-6-9-8(4-3-5-10-6)12-7(2)11-9;;/h3-5H,1-2H3;1H3;/q2*-1;+1. The van der Waals surface area contributed by atoms with Gasteiger partial charge in [-0.15, -0.1) is 12.2 Å². The Labute approximate surface area is 132 Å². The van der Waals surface area contributed by atoms with E-state index in [1.807, 2.05) is 19.9 Å². The van der Waals surface area contributed by atoms with Crippen LogP contribution < -0.4 is 51.4 Å². The number of allylic oxidation sites excluding steroid dienone is 1. The van der Waals surface area contributed by atoms with E-state index in [4.69, 9.17) is 0 Å². The van der Waals surface area contributed by atoms with Crippen molar-refractivity contribution < 1.29 is 51.4 Å². The van der Waals surface area contributed by atoms with E-state index >= 15 is 0 Å². The summed E-state index contributed by atoms with van der Waals surface area (Å²) in [5.41, 5.74) is 1.03. The maximum atomic E-state index is 4.41. The van der Waals surface area contributed by atoms with Gasteiger partial charge < -0.3 is 12.4 Å². The summed E-state index contributed by atoms with van der Waals surface area (Å²) < 4.78 is 0. The van der Waals surface area contributed by atoms with Crippen molar-refractivity contribution in [1.29, 1.82) is 0 Å². The first kappa shape index (κ1) is 14.5. The minimum atomic E-state index is 0. The summed E-state index contributed by atoms with van der Waals surface area (Å²) in [4.78, 5) is 9.85. The summed E-state index contributed by atoms with van der Waals surface area (Å²) in [5.74, 6) is 0. The van der Waals surface area contributed by atoms with Crippen LogP contribution in [0.15, 0.2) is 11.1 Å². The number of aryl methyl sites for hydroxylation is 1. The Hall–Kier alpha value is 0.546. The minimum Gasteiger partial charge on any atom is -0.385 e. The van der Waals surface area contributed by atoms with E-state index in [-0.39, 0.29) is 58.8 Å². The fourth-order valence-corrected chi connectivity index (χ4v) is 2.05. The van der Waals surface area contributed by atoms with Gasteiger partial charge in [0.2, 0.25) is 0 Å². The topological polar surface area (TPSA) is 25.2 Å². The number of hydrogen-bond donors (Lipinski definition) is 0. The summed E-state index contributed by atoms with van der Waals surface area (Å²) in [5, 5.41) is 1.10. The average Bonchev–Trinajstić information content (AvgIpc) is 2.33. The molecule has 1 aromatic heterocycles. The first-order valence-corrected chi connectivity index (χ1v) is 4.61. The van der Waals surface area contributed by atoms with Crippen LogP contribution in [0.3, 0.4) is 0 Å².